The summed E-state index contributed by atoms with van der Waals surface area (Å²) in [4.78, 5) is 4.27. The van der Waals surface area contributed by atoms with Crippen LogP contribution in [0, 0.1) is 12.7 Å². The molecule has 1 aromatic carbocycles. The number of aromatic nitrogens is 2. The molecule has 0 spiro atoms. The lowest BCUT2D eigenvalue weighted by Crippen LogP contribution is -2.37. The summed E-state index contributed by atoms with van der Waals surface area (Å²) in [6.07, 6.45) is 5.51. The number of halogens is 1. The minimum Gasteiger partial charge on any atom is -0.364 e. The highest BCUT2D eigenvalue weighted by Gasteiger charge is 2.33. The Kier molecular flexibility index (Phi) is 4.81. The van der Waals surface area contributed by atoms with Gasteiger partial charge in [-0.05, 0) is 56.2 Å². The lowest BCUT2D eigenvalue weighted by molar-refractivity contribution is 0.0251. The lowest BCUT2D eigenvalue weighted by atomic mass is 9.94. The molecule has 0 radical (unpaired) electrons. The molecule has 2 heterocycles. The van der Waals surface area contributed by atoms with E-state index in [0.29, 0.717) is 23.7 Å². The zero-order valence-corrected chi connectivity index (χ0v) is 14.5. The van der Waals surface area contributed by atoms with E-state index in [9.17, 15) is 4.39 Å². The Balaban J connectivity index is 1.31. The summed E-state index contributed by atoms with van der Waals surface area (Å²) in [7, 11) is 0. The van der Waals surface area contributed by atoms with Gasteiger partial charge in [-0.25, -0.2) is 4.39 Å². The molecule has 1 aromatic heterocycles. The van der Waals surface area contributed by atoms with E-state index in [-0.39, 0.29) is 18.0 Å². The first kappa shape index (κ1) is 16.7. The summed E-state index contributed by atoms with van der Waals surface area (Å²) >= 11 is 0. The Labute approximate surface area is 147 Å². The van der Waals surface area contributed by atoms with Crippen LogP contribution in [0.15, 0.2) is 28.8 Å². The molecule has 1 N–H and O–H groups in total. The van der Waals surface area contributed by atoms with Gasteiger partial charge in [0.1, 0.15) is 11.9 Å². The van der Waals surface area contributed by atoms with Crippen molar-refractivity contribution >= 4 is 0 Å². The van der Waals surface area contributed by atoms with Crippen molar-refractivity contribution < 1.29 is 13.7 Å². The first-order valence-corrected chi connectivity index (χ1v) is 9.13. The van der Waals surface area contributed by atoms with Gasteiger partial charge in [-0.2, -0.15) is 4.98 Å². The van der Waals surface area contributed by atoms with Gasteiger partial charge >= 0.3 is 0 Å². The molecule has 0 amide bonds. The molecule has 4 rings (SSSR count). The number of nitrogens with zero attached hydrogens (tertiary/aromatic N) is 2. The van der Waals surface area contributed by atoms with E-state index in [2.05, 4.69) is 15.5 Å². The highest BCUT2D eigenvalue weighted by molar-refractivity contribution is 5.23. The quantitative estimate of drug-likeness (QED) is 0.896. The van der Waals surface area contributed by atoms with E-state index >= 15 is 0 Å². The molecular weight excluding hydrogens is 321 g/mol. The van der Waals surface area contributed by atoms with Crippen molar-refractivity contribution in [2.45, 2.75) is 63.2 Å². The molecular formula is C19H24FN3O2. The summed E-state index contributed by atoms with van der Waals surface area (Å²) in [5.74, 6) is 1.52. The van der Waals surface area contributed by atoms with Gasteiger partial charge in [0.25, 0.3) is 5.89 Å². The van der Waals surface area contributed by atoms with Gasteiger partial charge in [0.2, 0.25) is 0 Å². The minimum absolute atomic E-state index is 0.0792. The largest absolute Gasteiger partial charge is 0.364 e. The average molecular weight is 345 g/mol. The molecule has 25 heavy (non-hydrogen) atoms. The van der Waals surface area contributed by atoms with E-state index in [1.165, 1.54) is 12.0 Å². The molecule has 1 aliphatic heterocycles. The van der Waals surface area contributed by atoms with E-state index in [1.54, 1.807) is 12.1 Å². The molecule has 2 fully saturated rings. The van der Waals surface area contributed by atoms with Crippen LogP contribution in [-0.4, -0.2) is 28.8 Å². The number of ether oxygens (including phenoxy) is 1. The van der Waals surface area contributed by atoms with Gasteiger partial charge < -0.3 is 14.6 Å². The van der Waals surface area contributed by atoms with Crippen molar-refractivity contribution in [3.8, 4) is 0 Å². The van der Waals surface area contributed by atoms with Crippen LogP contribution in [0.2, 0.25) is 0 Å². The predicted molar refractivity (Wildman–Crippen MR) is 90.7 cm³/mol. The van der Waals surface area contributed by atoms with Crippen LogP contribution in [0.5, 0.6) is 0 Å². The Morgan fingerprint density at radius 3 is 2.76 bits per heavy atom. The lowest BCUT2D eigenvalue weighted by Gasteiger charge is -2.23. The van der Waals surface area contributed by atoms with Crippen molar-refractivity contribution in [2.75, 3.05) is 6.54 Å². The van der Waals surface area contributed by atoms with E-state index < -0.39 is 0 Å². The van der Waals surface area contributed by atoms with Gasteiger partial charge in [0, 0.05) is 12.6 Å². The molecule has 1 saturated carbocycles. The van der Waals surface area contributed by atoms with Crippen LogP contribution in [0.1, 0.15) is 61.4 Å². The first-order valence-electron chi connectivity index (χ1n) is 9.13. The molecule has 1 aliphatic carbocycles. The second-order valence-electron chi connectivity index (χ2n) is 7.11. The average Bonchev–Trinajstić information content (AvgIpc) is 3.33. The highest BCUT2D eigenvalue weighted by Crippen LogP contribution is 2.36. The SMILES string of the molecule is Cc1noc([C@@H]2CC[C@H](CN[C@@H]3CCC[C@@H]3c3ccc(F)cc3)O2)n1. The molecule has 134 valence electrons. The van der Waals surface area contributed by atoms with Gasteiger partial charge in [-0.15, -0.1) is 0 Å². The van der Waals surface area contributed by atoms with Crippen molar-refractivity contribution in [3.63, 3.8) is 0 Å². The van der Waals surface area contributed by atoms with E-state index in [1.807, 2.05) is 19.1 Å². The topological polar surface area (TPSA) is 60.2 Å². The van der Waals surface area contributed by atoms with Crippen LogP contribution < -0.4 is 5.32 Å². The van der Waals surface area contributed by atoms with Crippen LogP contribution in [-0.2, 0) is 4.74 Å². The van der Waals surface area contributed by atoms with Gasteiger partial charge in [0.05, 0.1) is 6.10 Å². The van der Waals surface area contributed by atoms with Crippen LogP contribution >= 0.6 is 0 Å². The summed E-state index contributed by atoms with van der Waals surface area (Å²) in [5.41, 5.74) is 1.22. The van der Waals surface area contributed by atoms with Crippen molar-refractivity contribution in [3.05, 3.63) is 47.4 Å². The normalized spacial score (nSPS) is 29.4. The number of rotatable bonds is 5. The molecule has 2 aromatic rings. The van der Waals surface area contributed by atoms with Gasteiger partial charge in [-0.1, -0.05) is 23.7 Å². The molecule has 4 atom stereocenters. The molecule has 6 heteroatoms. The Morgan fingerprint density at radius 1 is 1.16 bits per heavy atom. The van der Waals surface area contributed by atoms with Crippen molar-refractivity contribution in [1.82, 2.24) is 15.5 Å². The number of hydrogen-bond acceptors (Lipinski definition) is 5. The maximum Gasteiger partial charge on any atom is 0.255 e. The third-order valence-electron chi connectivity index (χ3n) is 5.35. The predicted octanol–water partition coefficient (Wildman–Crippen LogP) is 3.66. The summed E-state index contributed by atoms with van der Waals surface area (Å²) in [5, 5.41) is 7.52. The first-order chi connectivity index (χ1) is 12.2. The zero-order chi connectivity index (χ0) is 17.2. The second kappa shape index (κ2) is 7.22. The van der Waals surface area contributed by atoms with Crippen molar-refractivity contribution in [1.29, 1.82) is 0 Å². The molecule has 5 nitrogen and oxygen atoms in total. The zero-order valence-electron chi connectivity index (χ0n) is 14.5. The van der Waals surface area contributed by atoms with Gasteiger partial charge in [-0.3, -0.25) is 0 Å². The molecule has 1 saturated heterocycles. The summed E-state index contributed by atoms with van der Waals surface area (Å²) in [6.45, 7) is 2.64. The number of aryl methyl sites for hydroxylation is 1. The number of hydrogen-bond donors (Lipinski definition) is 1. The third kappa shape index (κ3) is 3.75. The number of nitrogens with one attached hydrogen (secondary N) is 1. The summed E-state index contributed by atoms with van der Waals surface area (Å²) < 4.78 is 24.4. The Bertz CT molecular complexity index is 703. The smallest absolute Gasteiger partial charge is 0.255 e. The summed E-state index contributed by atoms with van der Waals surface area (Å²) in [6, 6.07) is 7.38. The fraction of sp³-hybridized carbons (Fsp3) is 0.579. The van der Waals surface area contributed by atoms with Gasteiger partial charge in [0.15, 0.2) is 5.82 Å². The Morgan fingerprint density at radius 2 is 2.00 bits per heavy atom. The third-order valence-corrected chi connectivity index (χ3v) is 5.35. The standard InChI is InChI=1S/C19H24FN3O2/c1-12-22-19(25-23-12)18-10-9-15(24-18)11-21-17-4-2-3-16(17)13-5-7-14(20)8-6-13/h5-8,15-18,21H,2-4,9-11H2,1H3/t15-,16-,17-,18+/m1/s1. The number of benzene rings is 1. The highest BCUT2D eigenvalue weighted by atomic mass is 19.1. The fourth-order valence-corrected chi connectivity index (χ4v) is 4.08. The van der Waals surface area contributed by atoms with E-state index in [0.717, 1.165) is 32.2 Å². The van der Waals surface area contributed by atoms with Crippen molar-refractivity contribution in [2.24, 2.45) is 0 Å². The molecule has 0 bridgehead atoms. The van der Waals surface area contributed by atoms with Crippen LogP contribution in [0.3, 0.4) is 0 Å². The van der Waals surface area contributed by atoms with E-state index in [4.69, 9.17) is 9.26 Å². The minimum atomic E-state index is -0.173. The maximum absolute atomic E-state index is 13.2. The molecule has 0 unspecified atom stereocenters. The van der Waals surface area contributed by atoms with Crippen LogP contribution in [0.4, 0.5) is 4.39 Å². The fourth-order valence-electron chi connectivity index (χ4n) is 4.08. The molecule has 2 aliphatic rings. The maximum atomic E-state index is 13.2. The van der Waals surface area contributed by atoms with Crippen LogP contribution in [0.25, 0.3) is 0 Å². The second-order valence-corrected chi connectivity index (χ2v) is 7.11. The monoisotopic (exact) mass is 345 g/mol. The Hall–Kier alpha value is -1.79.